The second-order valence-corrected chi connectivity index (χ2v) is 18.1. The molecule has 2 aliphatic rings. The van der Waals surface area contributed by atoms with Crippen molar-refractivity contribution in [3.05, 3.63) is 59.2 Å². The minimum atomic E-state index is -4.50. The average Bonchev–Trinajstić information content (AvgIpc) is 3.46. The molecule has 4 atom stereocenters. The number of nitrogens with zero attached hydrogens (tertiary/aromatic N) is 1. The highest BCUT2D eigenvalue weighted by atomic mass is 31.2. The summed E-state index contributed by atoms with van der Waals surface area (Å²) >= 11 is 0. The molecule has 0 aromatic heterocycles. The largest absolute Gasteiger partial charge is 0.535 e. The van der Waals surface area contributed by atoms with Crippen molar-refractivity contribution >= 4 is 49.1 Å². The van der Waals surface area contributed by atoms with Crippen LogP contribution in [0.2, 0.25) is 0 Å². The average molecular weight is 815 g/mol. The molecule has 17 heteroatoms. The lowest BCUT2D eigenvalue weighted by molar-refractivity contribution is -0.163. The number of anilines is 1. The monoisotopic (exact) mass is 814 g/mol. The molecule has 0 fully saturated rings. The van der Waals surface area contributed by atoms with E-state index in [4.69, 9.17) is 28.8 Å². The Hall–Kier alpha value is -4.79. The fourth-order valence-corrected chi connectivity index (χ4v) is 7.12. The van der Waals surface area contributed by atoms with E-state index in [1.165, 1.54) is 17.0 Å². The summed E-state index contributed by atoms with van der Waals surface area (Å²) in [6.07, 6.45) is 1.69. The van der Waals surface area contributed by atoms with Gasteiger partial charge in [-0.25, -0.2) is 13.6 Å². The van der Waals surface area contributed by atoms with Crippen molar-refractivity contribution < 1.29 is 56.4 Å². The van der Waals surface area contributed by atoms with Gasteiger partial charge in [0.05, 0.1) is 16.5 Å². The number of aryl methyl sites for hydroxylation is 1. The van der Waals surface area contributed by atoms with Crippen molar-refractivity contribution in [2.24, 2.45) is 16.6 Å². The smallest absolute Gasteiger partial charge is 0.437 e. The van der Waals surface area contributed by atoms with Crippen LogP contribution in [0.25, 0.3) is 0 Å². The molecule has 0 aliphatic carbocycles. The summed E-state index contributed by atoms with van der Waals surface area (Å²) in [5.41, 5.74) is 6.78. The minimum Gasteiger partial charge on any atom is -0.437 e. The number of rotatable bonds is 17. The van der Waals surface area contributed by atoms with Gasteiger partial charge < -0.3 is 30.4 Å². The number of esters is 2. The zero-order valence-corrected chi connectivity index (χ0v) is 34.8. The van der Waals surface area contributed by atoms with Gasteiger partial charge in [0, 0.05) is 25.3 Å². The Morgan fingerprint density at radius 2 is 1.47 bits per heavy atom. The summed E-state index contributed by atoms with van der Waals surface area (Å²) in [5, 5.41) is 5.81. The number of amides is 4. The predicted molar refractivity (Wildman–Crippen MR) is 208 cm³/mol. The van der Waals surface area contributed by atoms with Gasteiger partial charge in [-0.05, 0) is 102 Å². The van der Waals surface area contributed by atoms with E-state index in [0.717, 1.165) is 16.7 Å². The van der Waals surface area contributed by atoms with Gasteiger partial charge >= 0.3 is 19.8 Å². The molecular weight excluding hydrogens is 759 g/mol. The van der Waals surface area contributed by atoms with Gasteiger partial charge in [-0.1, -0.05) is 37.3 Å². The van der Waals surface area contributed by atoms with Crippen LogP contribution < -0.4 is 25.8 Å². The summed E-state index contributed by atoms with van der Waals surface area (Å²) in [7, 11) is -4.50. The third-order valence-corrected chi connectivity index (χ3v) is 10.7. The van der Waals surface area contributed by atoms with Crippen LogP contribution >= 0.6 is 7.82 Å². The Morgan fingerprint density at radius 1 is 0.895 bits per heavy atom. The standard InChI is InChI=1S/C40H55N4O12P/c1-24(26-13-16-29(17-14-26)56-57(51,54-22-52-37(49)39(3,4)5)55-23-53-38(50)40(6,7)8)20-33(46)43-30-18-15-27-10-9-11-28-21-31(44(34(27)28)36(30)48)35(47)42-25(2)12-19-32(41)45/h9-11,13-14,16-17,24-25,30-31H,12,15,18-23H2,1-8H3,(H2,41,45)(H,42,47)(H,43,46)/t24?,25?,30?,31-/m0/s1. The first-order valence-electron chi connectivity index (χ1n) is 18.9. The molecule has 2 heterocycles. The quantitative estimate of drug-likeness (QED) is 0.110. The van der Waals surface area contributed by atoms with E-state index in [-0.39, 0.29) is 48.3 Å². The topological polar surface area (TPSA) is 219 Å². The van der Waals surface area contributed by atoms with Crippen molar-refractivity contribution in [2.75, 3.05) is 18.5 Å². The van der Waals surface area contributed by atoms with Gasteiger partial charge in [0.2, 0.25) is 37.2 Å². The Labute approximate surface area is 333 Å². The zero-order valence-electron chi connectivity index (χ0n) is 33.9. The van der Waals surface area contributed by atoms with Crippen molar-refractivity contribution in [1.82, 2.24) is 10.6 Å². The van der Waals surface area contributed by atoms with Crippen molar-refractivity contribution in [3.8, 4) is 5.75 Å². The molecular formula is C40H55N4O12P. The van der Waals surface area contributed by atoms with Crippen LogP contribution in [0.15, 0.2) is 42.5 Å². The molecule has 0 spiro atoms. The van der Waals surface area contributed by atoms with Crippen LogP contribution in [0, 0.1) is 10.8 Å². The number of hydrogen-bond donors (Lipinski definition) is 3. The Morgan fingerprint density at radius 3 is 2.04 bits per heavy atom. The lowest BCUT2D eigenvalue weighted by atomic mass is 9.97. The summed E-state index contributed by atoms with van der Waals surface area (Å²) in [6, 6.07) is 9.99. The van der Waals surface area contributed by atoms with Crippen LogP contribution in [0.3, 0.4) is 0 Å². The molecule has 4 amide bonds. The van der Waals surface area contributed by atoms with E-state index in [1.807, 2.05) is 25.1 Å². The van der Waals surface area contributed by atoms with Crippen LogP contribution in [-0.2, 0) is 64.7 Å². The van der Waals surface area contributed by atoms with E-state index in [1.54, 1.807) is 60.6 Å². The van der Waals surface area contributed by atoms with Gasteiger partial charge in [0.25, 0.3) is 0 Å². The Bertz CT molecular complexity index is 1830. The molecule has 4 rings (SSSR count). The molecule has 2 aromatic carbocycles. The van der Waals surface area contributed by atoms with E-state index < -0.39 is 62.2 Å². The van der Waals surface area contributed by atoms with Crippen LogP contribution in [0.1, 0.15) is 104 Å². The first-order chi connectivity index (χ1) is 26.6. The number of phosphoric ester groups is 1. The first kappa shape index (κ1) is 44.9. The van der Waals surface area contributed by atoms with Gasteiger partial charge in [0.1, 0.15) is 17.8 Å². The molecule has 57 heavy (non-hydrogen) atoms. The second kappa shape index (κ2) is 18.6. The van der Waals surface area contributed by atoms with Crippen molar-refractivity contribution in [3.63, 3.8) is 0 Å². The van der Waals surface area contributed by atoms with E-state index in [0.29, 0.717) is 31.4 Å². The number of nitrogens with two attached hydrogens (primary N) is 1. The molecule has 0 radical (unpaired) electrons. The number of carbonyl (C=O) groups excluding carboxylic acids is 6. The van der Waals surface area contributed by atoms with E-state index in [9.17, 15) is 33.3 Å². The number of ether oxygens (including phenoxy) is 2. The van der Waals surface area contributed by atoms with Crippen molar-refractivity contribution in [1.29, 1.82) is 0 Å². The SMILES string of the molecule is CC(CCC(N)=O)NC(=O)[C@@H]1Cc2cccc3c2N1C(=O)C(NC(=O)CC(C)c1ccc(OP(=O)(OCOC(=O)C(C)(C)C)OCOC(=O)C(C)(C)C)cc1)CC3. The number of benzene rings is 2. The predicted octanol–water partition coefficient (Wildman–Crippen LogP) is 4.95. The van der Waals surface area contributed by atoms with E-state index in [2.05, 4.69) is 10.6 Å². The fourth-order valence-electron chi connectivity index (χ4n) is 6.19. The summed E-state index contributed by atoms with van der Waals surface area (Å²) < 4.78 is 39.7. The number of nitrogens with one attached hydrogen (secondary N) is 2. The Balaban J connectivity index is 1.39. The van der Waals surface area contributed by atoms with Gasteiger partial charge in [-0.3, -0.25) is 33.7 Å². The van der Waals surface area contributed by atoms with Crippen molar-refractivity contribution in [2.45, 2.75) is 118 Å². The van der Waals surface area contributed by atoms with Gasteiger partial charge in [-0.15, -0.1) is 0 Å². The number of primary amides is 1. The summed E-state index contributed by atoms with van der Waals surface area (Å²) in [5.74, 6) is -3.07. The lowest BCUT2D eigenvalue weighted by Gasteiger charge is -2.29. The molecule has 2 aromatic rings. The van der Waals surface area contributed by atoms with E-state index >= 15 is 0 Å². The maximum Gasteiger partial charge on any atom is 0.535 e. The molecule has 4 N–H and O–H groups in total. The highest BCUT2D eigenvalue weighted by Crippen LogP contribution is 2.50. The molecule has 0 bridgehead atoms. The molecule has 0 saturated carbocycles. The maximum absolute atomic E-state index is 14.1. The molecule has 312 valence electrons. The molecule has 16 nitrogen and oxygen atoms in total. The third kappa shape index (κ3) is 12.3. The number of hydrogen-bond acceptors (Lipinski definition) is 12. The molecule has 3 unspecified atom stereocenters. The first-order valence-corrected chi connectivity index (χ1v) is 20.4. The Kier molecular flexibility index (Phi) is 14.7. The lowest BCUT2D eigenvalue weighted by Crippen LogP contribution is -2.55. The third-order valence-electron chi connectivity index (χ3n) is 9.44. The summed E-state index contributed by atoms with van der Waals surface area (Å²) in [6.45, 7) is 11.9. The normalized spacial score (nSPS) is 17.8. The second-order valence-electron chi connectivity index (χ2n) is 16.5. The van der Waals surface area contributed by atoms with Crippen LogP contribution in [0.4, 0.5) is 5.69 Å². The zero-order chi connectivity index (χ0) is 42.3. The fraction of sp³-hybridized carbons (Fsp3) is 0.550. The maximum atomic E-state index is 14.1. The highest BCUT2D eigenvalue weighted by Gasteiger charge is 2.44. The highest BCUT2D eigenvalue weighted by molar-refractivity contribution is 7.48. The summed E-state index contributed by atoms with van der Waals surface area (Å²) in [4.78, 5) is 78.2. The number of para-hydroxylation sites is 1. The molecule has 0 saturated heterocycles. The minimum absolute atomic E-state index is 0.0203. The number of phosphoric acid groups is 1. The molecule has 2 aliphatic heterocycles. The van der Waals surface area contributed by atoms with Gasteiger partial charge in [0.15, 0.2) is 0 Å². The van der Waals surface area contributed by atoms with Gasteiger partial charge in [-0.2, -0.15) is 0 Å². The van der Waals surface area contributed by atoms with Crippen LogP contribution in [-0.4, -0.2) is 67.3 Å². The number of carbonyl (C=O) groups is 6. The van der Waals surface area contributed by atoms with Crippen LogP contribution in [0.5, 0.6) is 5.75 Å².